The van der Waals surface area contributed by atoms with Crippen molar-refractivity contribution in [2.24, 2.45) is 0 Å². The monoisotopic (exact) mass is 556 g/mol. The molecule has 1 saturated heterocycles. The Morgan fingerprint density at radius 2 is 2.00 bits per heavy atom. The number of hydrogen-bond donors (Lipinski definition) is 1. The zero-order valence-electron chi connectivity index (χ0n) is 21.2. The molecular weight excluding hydrogens is 530 g/mol. The summed E-state index contributed by atoms with van der Waals surface area (Å²) in [6.45, 7) is 2.24. The molecule has 1 N–H and O–H groups in total. The summed E-state index contributed by atoms with van der Waals surface area (Å²) in [5.41, 5.74) is 1.37. The number of anilines is 1. The lowest BCUT2D eigenvalue weighted by Crippen LogP contribution is -2.44. The summed E-state index contributed by atoms with van der Waals surface area (Å²) >= 11 is 6.20. The topological polar surface area (TPSA) is 92.8 Å². The highest BCUT2D eigenvalue weighted by Gasteiger charge is 2.22. The number of benzene rings is 1. The molecule has 0 aliphatic carbocycles. The average Bonchev–Trinajstić information content (AvgIpc) is 3.52. The number of ether oxygens (including phenoxy) is 1. The molecule has 1 aromatic carbocycles. The van der Waals surface area contributed by atoms with Gasteiger partial charge in [-0.25, -0.2) is 9.50 Å². The number of alkyl halides is 2. The van der Waals surface area contributed by atoms with Crippen LogP contribution in [0.15, 0.2) is 61.2 Å². The van der Waals surface area contributed by atoms with E-state index in [0.717, 1.165) is 32.7 Å². The number of piperazine rings is 1. The molecule has 0 bridgehead atoms. The Balaban J connectivity index is 1.42. The molecule has 0 unspecified atom stereocenters. The quantitative estimate of drug-likeness (QED) is 0.313. The van der Waals surface area contributed by atoms with E-state index >= 15 is 0 Å². The van der Waals surface area contributed by atoms with E-state index in [-0.39, 0.29) is 22.6 Å². The molecule has 1 amide bonds. The molecule has 4 heterocycles. The summed E-state index contributed by atoms with van der Waals surface area (Å²) < 4.78 is 34.2. The van der Waals surface area contributed by atoms with Gasteiger partial charge < -0.3 is 15.0 Å². The first-order chi connectivity index (χ1) is 18.9. The molecule has 0 atom stereocenters. The van der Waals surface area contributed by atoms with Crippen molar-refractivity contribution in [1.82, 2.24) is 34.2 Å². The molecule has 39 heavy (non-hydrogen) atoms. The highest BCUT2D eigenvalue weighted by Crippen LogP contribution is 2.37. The molecule has 13 heteroatoms. The average molecular weight is 557 g/mol. The fraction of sp³-hybridized carbons (Fsp3) is 0.308. The Hall–Kier alpha value is -3.87. The van der Waals surface area contributed by atoms with Gasteiger partial charge in [-0.2, -0.15) is 19.0 Å². The number of nitrogens with zero attached hydrogens (tertiary/aromatic N) is 7. The molecule has 1 fully saturated rings. The maximum absolute atomic E-state index is 13.2. The molecule has 1 aliphatic rings. The van der Waals surface area contributed by atoms with Crippen LogP contribution < -0.4 is 10.1 Å². The second-order valence-electron chi connectivity index (χ2n) is 9.11. The van der Waals surface area contributed by atoms with E-state index in [1.807, 2.05) is 6.08 Å². The van der Waals surface area contributed by atoms with Gasteiger partial charge in [0.1, 0.15) is 17.0 Å². The number of amides is 1. The summed E-state index contributed by atoms with van der Waals surface area (Å²) in [6, 6.07) is 5.97. The normalized spacial score (nSPS) is 15.0. The highest BCUT2D eigenvalue weighted by molar-refractivity contribution is 6.31. The van der Waals surface area contributed by atoms with Crippen molar-refractivity contribution in [3.63, 3.8) is 0 Å². The number of hydrogen-bond acceptors (Lipinski definition) is 7. The van der Waals surface area contributed by atoms with Crippen molar-refractivity contribution in [3.05, 3.63) is 71.8 Å². The van der Waals surface area contributed by atoms with E-state index in [1.165, 1.54) is 28.9 Å². The van der Waals surface area contributed by atoms with Crippen molar-refractivity contribution >= 4 is 28.8 Å². The zero-order valence-corrected chi connectivity index (χ0v) is 21.9. The largest absolute Gasteiger partial charge is 0.434 e. The van der Waals surface area contributed by atoms with Gasteiger partial charge in [-0.05, 0) is 31.3 Å². The number of allylic oxidation sites excluding steroid dienone is 1. The van der Waals surface area contributed by atoms with Crippen LogP contribution in [0.1, 0.15) is 10.4 Å². The fourth-order valence-corrected chi connectivity index (χ4v) is 4.48. The first kappa shape index (κ1) is 26.7. The van der Waals surface area contributed by atoms with Gasteiger partial charge in [0.2, 0.25) is 0 Å². The number of nitrogens with one attached hydrogen (secondary N) is 1. The van der Waals surface area contributed by atoms with Gasteiger partial charge in [0.25, 0.3) is 5.91 Å². The maximum atomic E-state index is 13.2. The number of halogens is 3. The Bertz CT molecular complexity index is 1480. The molecule has 5 rings (SSSR count). The minimum atomic E-state index is -3.05. The van der Waals surface area contributed by atoms with Crippen molar-refractivity contribution in [2.45, 2.75) is 13.2 Å². The molecule has 0 radical (unpaired) electrons. The summed E-state index contributed by atoms with van der Waals surface area (Å²) in [7, 11) is 2.11. The van der Waals surface area contributed by atoms with Gasteiger partial charge in [-0.15, -0.1) is 0 Å². The van der Waals surface area contributed by atoms with E-state index in [4.69, 9.17) is 16.3 Å². The predicted molar refractivity (Wildman–Crippen MR) is 143 cm³/mol. The number of carbonyl (C=O) groups excluding carboxylic acids is 1. The Morgan fingerprint density at radius 3 is 2.79 bits per heavy atom. The van der Waals surface area contributed by atoms with Crippen LogP contribution in [0.2, 0.25) is 5.02 Å². The molecule has 204 valence electrons. The van der Waals surface area contributed by atoms with Gasteiger partial charge in [0.15, 0.2) is 5.65 Å². The zero-order chi connectivity index (χ0) is 27.4. The second kappa shape index (κ2) is 11.9. The first-order valence-electron chi connectivity index (χ1n) is 12.3. The lowest BCUT2D eigenvalue weighted by molar-refractivity contribution is -0.0494. The van der Waals surface area contributed by atoms with Gasteiger partial charge in [0, 0.05) is 61.9 Å². The van der Waals surface area contributed by atoms with Crippen molar-refractivity contribution < 1.29 is 18.3 Å². The van der Waals surface area contributed by atoms with Crippen LogP contribution in [0.5, 0.6) is 5.75 Å². The fourth-order valence-electron chi connectivity index (χ4n) is 4.30. The van der Waals surface area contributed by atoms with Crippen LogP contribution in [0.3, 0.4) is 0 Å². The third-order valence-corrected chi connectivity index (χ3v) is 6.60. The number of aromatic nitrogens is 5. The van der Waals surface area contributed by atoms with E-state index in [1.54, 1.807) is 29.3 Å². The maximum Gasteiger partial charge on any atom is 0.387 e. The Morgan fingerprint density at radius 1 is 1.21 bits per heavy atom. The van der Waals surface area contributed by atoms with Crippen LogP contribution in [0.4, 0.5) is 14.5 Å². The SMILES string of the molecule is CN1CCN(CC=CCn2cc(NC(=O)c3cnn4cccnc34)c(-c3cc(Cl)ccc3OC(F)F)n2)CC1. The van der Waals surface area contributed by atoms with Crippen molar-refractivity contribution in [2.75, 3.05) is 45.1 Å². The highest BCUT2D eigenvalue weighted by atomic mass is 35.5. The molecule has 0 spiro atoms. The third kappa shape index (κ3) is 6.41. The van der Waals surface area contributed by atoms with Gasteiger partial charge in [0.05, 0.1) is 18.4 Å². The number of rotatable bonds is 9. The van der Waals surface area contributed by atoms with Gasteiger partial charge in [-0.1, -0.05) is 23.8 Å². The van der Waals surface area contributed by atoms with Crippen LogP contribution >= 0.6 is 11.6 Å². The smallest absolute Gasteiger partial charge is 0.387 e. The Kier molecular flexibility index (Phi) is 8.15. The van der Waals surface area contributed by atoms with E-state index in [0.29, 0.717) is 22.9 Å². The summed E-state index contributed by atoms with van der Waals surface area (Å²) in [5, 5.41) is 11.9. The standard InChI is InChI=1S/C26H27ClF2N8O2/c1-34-11-13-35(14-12-34)8-2-3-9-36-17-21(32-25(38)20-16-31-37-10-4-7-30-24(20)37)23(33-36)19-15-18(27)5-6-22(19)39-26(28)29/h2-7,10,15-17,26H,8-9,11-14H2,1H3,(H,32,38). The van der Waals surface area contributed by atoms with Gasteiger partial charge in [-0.3, -0.25) is 14.4 Å². The summed E-state index contributed by atoms with van der Waals surface area (Å²) in [5.74, 6) is -0.591. The van der Waals surface area contributed by atoms with Crippen LogP contribution in [-0.4, -0.2) is 86.5 Å². The second-order valence-corrected chi connectivity index (χ2v) is 9.54. The van der Waals surface area contributed by atoms with Crippen LogP contribution in [0, 0.1) is 0 Å². The molecule has 4 aromatic rings. The van der Waals surface area contributed by atoms with Crippen molar-refractivity contribution in [1.29, 1.82) is 0 Å². The Labute approximate surface area is 228 Å². The van der Waals surface area contributed by atoms with E-state index < -0.39 is 12.5 Å². The third-order valence-electron chi connectivity index (χ3n) is 6.37. The predicted octanol–water partition coefficient (Wildman–Crippen LogP) is 3.90. The number of likely N-dealkylation sites (N-methyl/N-ethyl adjacent to an activating group) is 1. The van der Waals surface area contributed by atoms with E-state index in [2.05, 4.69) is 43.4 Å². The molecule has 3 aromatic heterocycles. The molecule has 1 aliphatic heterocycles. The number of fused-ring (bicyclic) bond motifs is 1. The number of carbonyl (C=O) groups is 1. The first-order valence-corrected chi connectivity index (χ1v) is 12.7. The molecule has 0 saturated carbocycles. The summed E-state index contributed by atoms with van der Waals surface area (Å²) in [6.07, 6.45) is 10.3. The summed E-state index contributed by atoms with van der Waals surface area (Å²) in [4.78, 5) is 22.1. The van der Waals surface area contributed by atoms with Crippen LogP contribution in [-0.2, 0) is 6.54 Å². The molecule has 10 nitrogen and oxygen atoms in total. The van der Waals surface area contributed by atoms with E-state index in [9.17, 15) is 13.6 Å². The molecular formula is C26H27ClF2N8O2. The van der Waals surface area contributed by atoms with Crippen molar-refractivity contribution in [3.8, 4) is 17.0 Å². The minimum Gasteiger partial charge on any atom is -0.434 e. The lowest BCUT2D eigenvalue weighted by atomic mass is 10.1. The van der Waals surface area contributed by atoms with Crippen LogP contribution in [0.25, 0.3) is 16.9 Å². The van der Waals surface area contributed by atoms with Gasteiger partial charge >= 0.3 is 6.61 Å². The minimum absolute atomic E-state index is 0.113. The lowest BCUT2D eigenvalue weighted by Gasteiger charge is -2.31.